The standard InChI is InChI=1S/C21H35N5O2/c1-4-26-10-7-21(19(26)27)17-25(11-12-28-3)16-20(21)5-8-24(9-6-20)15-18-13-22-23(2)14-18/h13-14H,4-12,15-17H2,1-3H3/t21-/m0/s1. The summed E-state index contributed by atoms with van der Waals surface area (Å²) in [7, 11) is 3.73. The Morgan fingerprint density at radius 1 is 1.14 bits per heavy atom. The second-order valence-corrected chi connectivity index (χ2v) is 9.00. The van der Waals surface area contributed by atoms with Gasteiger partial charge in [-0.05, 0) is 39.3 Å². The molecule has 3 aliphatic rings. The molecule has 0 aromatic carbocycles. The number of hydrogen-bond acceptors (Lipinski definition) is 5. The zero-order chi connectivity index (χ0) is 19.8. The maximum Gasteiger partial charge on any atom is 0.230 e. The molecular weight excluding hydrogens is 354 g/mol. The summed E-state index contributed by atoms with van der Waals surface area (Å²) in [5, 5.41) is 4.30. The number of methoxy groups -OCH3 is 1. The highest BCUT2D eigenvalue weighted by Crippen LogP contribution is 2.57. The number of carbonyl (C=O) groups excluding carboxylic acids is 1. The van der Waals surface area contributed by atoms with E-state index >= 15 is 0 Å². The van der Waals surface area contributed by atoms with Crippen LogP contribution in [-0.4, -0.2) is 89.9 Å². The molecule has 1 aromatic rings. The highest BCUT2D eigenvalue weighted by atomic mass is 16.5. The van der Waals surface area contributed by atoms with Crippen molar-refractivity contribution in [1.82, 2.24) is 24.5 Å². The van der Waals surface area contributed by atoms with Crippen LogP contribution in [0.1, 0.15) is 31.7 Å². The van der Waals surface area contributed by atoms with Crippen molar-refractivity contribution < 1.29 is 9.53 Å². The number of piperidine rings is 1. The summed E-state index contributed by atoms with van der Waals surface area (Å²) in [5.74, 6) is 0.413. The number of nitrogens with zero attached hydrogens (tertiary/aromatic N) is 5. The number of hydrogen-bond donors (Lipinski definition) is 0. The lowest BCUT2D eigenvalue weighted by Gasteiger charge is -2.47. The fourth-order valence-corrected chi connectivity index (χ4v) is 5.93. The van der Waals surface area contributed by atoms with E-state index in [-0.39, 0.29) is 10.8 Å². The summed E-state index contributed by atoms with van der Waals surface area (Å²) in [5.41, 5.74) is 1.21. The largest absolute Gasteiger partial charge is 0.383 e. The molecule has 3 saturated heterocycles. The summed E-state index contributed by atoms with van der Waals surface area (Å²) in [6.07, 6.45) is 7.31. The summed E-state index contributed by atoms with van der Waals surface area (Å²) >= 11 is 0. The molecule has 3 fully saturated rings. The third-order valence-electron chi connectivity index (χ3n) is 7.51. The van der Waals surface area contributed by atoms with Crippen molar-refractivity contribution in [1.29, 1.82) is 0 Å². The van der Waals surface area contributed by atoms with Crippen LogP contribution >= 0.6 is 0 Å². The lowest BCUT2D eigenvalue weighted by atomic mass is 9.60. The van der Waals surface area contributed by atoms with Crippen molar-refractivity contribution >= 4 is 5.91 Å². The van der Waals surface area contributed by atoms with E-state index in [1.54, 1.807) is 7.11 Å². The van der Waals surface area contributed by atoms with Crippen LogP contribution in [-0.2, 0) is 23.1 Å². The van der Waals surface area contributed by atoms with Gasteiger partial charge in [-0.3, -0.25) is 19.3 Å². The van der Waals surface area contributed by atoms with Crippen LogP contribution < -0.4 is 0 Å². The first-order valence-corrected chi connectivity index (χ1v) is 10.7. The SMILES string of the molecule is CCN1CC[C@]2(CN(CCOC)CC23CCN(Cc2cnn(C)c2)CC3)C1=O. The van der Waals surface area contributed by atoms with Crippen molar-refractivity contribution in [2.75, 3.05) is 59.5 Å². The fraction of sp³-hybridized carbons (Fsp3) is 0.810. The number of carbonyl (C=O) groups is 1. The Hall–Kier alpha value is -1.44. The average molecular weight is 390 g/mol. The molecule has 156 valence electrons. The molecule has 0 radical (unpaired) electrons. The Kier molecular flexibility index (Phi) is 5.51. The highest BCUT2D eigenvalue weighted by Gasteiger charge is 2.64. The summed E-state index contributed by atoms with van der Waals surface area (Å²) in [6.45, 7) is 10.6. The number of fused-ring (bicyclic) bond motifs is 1. The second-order valence-electron chi connectivity index (χ2n) is 9.00. The van der Waals surface area contributed by atoms with E-state index in [0.717, 1.165) is 78.2 Å². The predicted molar refractivity (Wildman–Crippen MR) is 108 cm³/mol. The van der Waals surface area contributed by atoms with Gasteiger partial charge in [-0.25, -0.2) is 0 Å². The maximum atomic E-state index is 13.5. The number of rotatable bonds is 6. The van der Waals surface area contributed by atoms with Crippen LogP contribution in [0.15, 0.2) is 12.4 Å². The van der Waals surface area contributed by atoms with Gasteiger partial charge in [0.15, 0.2) is 0 Å². The van der Waals surface area contributed by atoms with Gasteiger partial charge in [-0.2, -0.15) is 5.10 Å². The number of aromatic nitrogens is 2. The monoisotopic (exact) mass is 389 g/mol. The fourth-order valence-electron chi connectivity index (χ4n) is 5.93. The normalized spacial score (nSPS) is 28.2. The molecule has 3 aliphatic heterocycles. The molecule has 0 saturated carbocycles. The Morgan fingerprint density at radius 2 is 1.93 bits per heavy atom. The third kappa shape index (κ3) is 3.27. The third-order valence-corrected chi connectivity index (χ3v) is 7.51. The molecule has 1 aromatic heterocycles. The van der Waals surface area contributed by atoms with E-state index in [0.29, 0.717) is 5.91 Å². The Balaban J connectivity index is 1.50. The Morgan fingerprint density at radius 3 is 2.54 bits per heavy atom. The van der Waals surface area contributed by atoms with Gasteiger partial charge < -0.3 is 9.64 Å². The molecule has 4 rings (SSSR count). The van der Waals surface area contributed by atoms with Gasteiger partial charge in [-0.15, -0.1) is 0 Å². The predicted octanol–water partition coefficient (Wildman–Crippen LogP) is 1.20. The molecule has 0 bridgehead atoms. The molecule has 0 unspecified atom stereocenters. The maximum absolute atomic E-state index is 13.5. The minimum atomic E-state index is -0.183. The van der Waals surface area contributed by atoms with Gasteiger partial charge in [0, 0.05) is 70.6 Å². The van der Waals surface area contributed by atoms with Crippen molar-refractivity contribution in [3.05, 3.63) is 18.0 Å². The Bertz CT molecular complexity index is 697. The molecular formula is C21H35N5O2. The first kappa shape index (κ1) is 19.9. The van der Waals surface area contributed by atoms with Crippen LogP contribution in [0.2, 0.25) is 0 Å². The second kappa shape index (κ2) is 7.76. The van der Waals surface area contributed by atoms with Crippen LogP contribution in [0.3, 0.4) is 0 Å². The molecule has 4 heterocycles. The van der Waals surface area contributed by atoms with Gasteiger partial charge in [0.1, 0.15) is 0 Å². The van der Waals surface area contributed by atoms with E-state index in [1.165, 1.54) is 5.56 Å². The summed E-state index contributed by atoms with van der Waals surface area (Å²) < 4.78 is 7.20. The highest BCUT2D eigenvalue weighted by molar-refractivity contribution is 5.86. The van der Waals surface area contributed by atoms with Crippen LogP contribution in [0, 0.1) is 10.8 Å². The first-order chi connectivity index (χ1) is 13.5. The van der Waals surface area contributed by atoms with E-state index < -0.39 is 0 Å². The molecule has 7 nitrogen and oxygen atoms in total. The minimum Gasteiger partial charge on any atom is -0.383 e. The Labute approximate surface area is 168 Å². The molecule has 0 N–H and O–H groups in total. The molecule has 1 atom stereocenters. The molecule has 1 amide bonds. The van der Waals surface area contributed by atoms with Gasteiger partial charge in [0.2, 0.25) is 5.91 Å². The summed E-state index contributed by atoms with van der Waals surface area (Å²) in [4.78, 5) is 20.6. The summed E-state index contributed by atoms with van der Waals surface area (Å²) in [6, 6.07) is 0. The number of aryl methyl sites for hydroxylation is 1. The van der Waals surface area contributed by atoms with E-state index in [4.69, 9.17) is 4.74 Å². The van der Waals surface area contributed by atoms with Crippen molar-refractivity contribution in [2.24, 2.45) is 17.9 Å². The van der Waals surface area contributed by atoms with E-state index in [2.05, 4.69) is 32.9 Å². The van der Waals surface area contributed by atoms with Crippen molar-refractivity contribution in [3.8, 4) is 0 Å². The van der Waals surface area contributed by atoms with E-state index in [1.807, 2.05) is 17.9 Å². The van der Waals surface area contributed by atoms with Gasteiger partial charge >= 0.3 is 0 Å². The quantitative estimate of drug-likeness (QED) is 0.732. The van der Waals surface area contributed by atoms with Crippen molar-refractivity contribution in [2.45, 2.75) is 32.7 Å². The van der Waals surface area contributed by atoms with Gasteiger partial charge in [0.25, 0.3) is 0 Å². The van der Waals surface area contributed by atoms with Crippen LogP contribution in [0.4, 0.5) is 0 Å². The number of likely N-dealkylation sites (tertiary alicyclic amines) is 3. The van der Waals surface area contributed by atoms with E-state index in [9.17, 15) is 4.79 Å². The van der Waals surface area contributed by atoms with Gasteiger partial charge in [-0.1, -0.05) is 0 Å². The van der Waals surface area contributed by atoms with Gasteiger partial charge in [0.05, 0.1) is 18.2 Å². The van der Waals surface area contributed by atoms with Crippen LogP contribution in [0.25, 0.3) is 0 Å². The number of ether oxygens (including phenoxy) is 1. The zero-order valence-corrected chi connectivity index (χ0v) is 17.7. The smallest absolute Gasteiger partial charge is 0.230 e. The molecule has 2 spiro atoms. The average Bonchev–Trinajstić information content (AvgIpc) is 3.34. The van der Waals surface area contributed by atoms with Crippen molar-refractivity contribution in [3.63, 3.8) is 0 Å². The minimum absolute atomic E-state index is 0.118. The first-order valence-electron chi connectivity index (χ1n) is 10.7. The molecule has 28 heavy (non-hydrogen) atoms. The molecule has 7 heteroatoms. The number of amides is 1. The molecule has 0 aliphatic carbocycles. The topological polar surface area (TPSA) is 53.8 Å². The lowest BCUT2D eigenvalue weighted by Crippen LogP contribution is -2.52. The zero-order valence-electron chi connectivity index (χ0n) is 17.7. The lowest BCUT2D eigenvalue weighted by molar-refractivity contribution is -0.142. The van der Waals surface area contributed by atoms with Crippen LogP contribution in [0.5, 0.6) is 0 Å².